The van der Waals surface area contributed by atoms with Gasteiger partial charge in [-0.25, -0.2) is 9.97 Å². The van der Waals surface area contributed by atoms with E-state index in [9.17, 15) is 18.4 Å². The molecule has 1 aliphatic rings. The van der Waals surface area contributed by atoms with E-state index in [1.54, 1.807) is 19.2 Å². The fourth-order valence-electron chi connectivity index (χ4n) is 5.73. The van der Waals surface area contributed by atoms with Gasteiger partial charge in [-0.2, -0.15) is 23.5 Å². The van der Waals surface area contributed by atoms with Crippen LogP contribution in [0.5, 0.6) is 0 Å². The topological polar surface area (TPSA) is 98.5 Å². The molecule has 1 fully saturated rings. The second kappa shape index (κ2) is 11.5. The summed E-state index contributed by atoms with van der Waals surface area (Å²) in [7, 11) is 0. The summed E-state index contributed by atoms with van der Waals surface area (Å²) in [6, 6.07) is 10.3. The Morgan fingerprint density at radius 3 is 2.65 bits per heavy atom. The molecule has 43 heavy (non-hydrogen) atoms. The van der Waals surface area contributed by atoms with Gasteiger partial charge < -0.3 is 9.88 Å². The zero-order valence-electron chi connectivity index (χ0n) is 23.9. The number of nitrogens with zero attached hydrogens (tertiary/aromatic N) is 6. The van der Waals surface area contributed by atoms with Crippen molar-refractivity contribution in [2.24, 2.45) is 0 Å². The fourth-order valence-corrected chi connectivity index (χ4v) is 6.79. The molecule has 0 aliphatic carbocycles. The average Bonchev–Trinajstić information content (AvgIpc) is 3.70. The number of H-pyrrole nitrogens is 1. The lowest BCUT2D eigenvalue weighted by Crippen LogP contribution is -2.39. The molecule has 8 nitrogen and oxygen atoms in total. The summed E-state index contributed by atoms with van der Waals surface area (Å²) < 4.78 is 41.2. The van der Waals surface area contributed by atoms with Gasteiger partial charge in [0.25, 0.3) is 0 Å². The first kappa shape index (κ1) is 28.9. The van der Waals surface area contributed by atoms with E-state index in [4.69, 9.17) is 0 Å². The Morgan fingerprint density at radius 2 is 1.98 bits per heavy atom. The molecule has 0 spiro atoms. The van der Waals surface area contributed by atoms with Crippen LogP contribution in [0.15, 0.2) is 43.2 Å². The van der Waals surface area contributed by atoms with Crippen molar-refractivity contribution in [1.29, 1.82) is 5.26 Å². The van der Waals surface area contributed by atoms with Crippen molar-refractivity contribution in [3.8, 4) is 6.07 Å². The number of fused-ring (bicyclic) bond motifs is 2. The molecule has 4 aromatic heterocycles. The highest BCUT2D eigenvalue weighted by atomic mass is 32.1. The highest BCUT2D eigenvalue weighted by Crippen LogP contribution is 2.35. The van der Waals surface area contributed by atoms with Crippen LogP contribution in [0.25, 0.3) is 26.7 Å². The van der Waals surface area contributed by atoms with Crippen LogP contribution in [0.1, 0.15) is 52.9 Å². The van der Waals surface area contributed by atoms with E-state index >= 15 is 0 Å². The van der Waals surface area contributed by atoms with Crippen LogP contribution in [0.2, 0.25) is 0 Å². The van der Waals surface area contributed by atoms with E-state index < -0.39 is 12.6 Å². The average molecular weight is 605 g/mol. The third-order valence-electron chi connectivity index (χ3n) is 8.00. The van der Waals surface area contributed by atoms with E-state index in [0.29, 0.717) is 39.7 Å². The lowest BCUT2D eigenvalue weighted by atomic mass is 10.0. The summed E-state index contributed by atoms with van der Waals surface area (Å²) in [6.07, 6.45) is 0.0856. The van der Waals surface area contributed by atoms with Gasteiger partial charge in [0.15, 0.2) is 5.82 Å². The number of aryl methyl sites for hydroxylation is 1. The molecule has 1 aromatic carbocycles. The number of rotatable bonds is 8. The van der Waals surface area contributed by atoms with Crippen LogP contribution in [0, 0.1) is 18.3 Å². The van der Waals surface area contributed by atoms with Crippen LogP contribution in [-0.4, -0.2) is 54.9 Å². The minimum atomic E-state index is -4.28. The number of nitriles is 1. The maximum Gasteiger partial charge on any atom is 0.393 e. The molecule has 0 radical (unpaired) electrons. The van der Waals surface area contributed by atoms with Crippen molar-refractivity contribution < 1.29 is 13.2 Å². The summed E-state index contributed by atoms with van der Waals surface area (Å²) in [6.45, 7) is 10.9. The molecule has 5 aromatic rings. The van der Waals surface area contributed by atoms with Gasteiger partial charge in [-0.05, 0) is 61.6 Å². The molecule has 1 aliphatic heterocycles. The number of hydrogen-bond acceptors (Lipinski definition) is 7. The third-order valence-corrected chi connectivity index (χ3v) is 9.03. The highest BCUT2D eigenvalue weighted by molar-refractivity contribution is 7.18. The normalized spacial score (nSPS) is 14.9. The first-order chi connectivity index (χ1) is 20.6. The van der Waals surface area contributed by atoms with Crippen molar-refractivity contribution in [3.05, 3.63) is 76.3 Å². The zero-order chi connectivity index (χ0) is 30.3. The number of aromatic nitrogens is 5. The minimum Gasteiger partial charge on any atom is -0.367 e. The summed E-state index contributed by atoms with van der Waals surface area (Å²) in [5.74, 6) is 1.01. The summed E-state index contributed by atoms with van der Waals surface area (Å²) >= 11 is 1.06. The van der Waals surface area contributed by atoms with Gasteiger partial charge in [0.05, 0.1) is 24.5 Å². The van der Waals surface area contributed by atoms with E-state index in [0.717, 1.165) is 60.3 Å². The standard InChI is InChI=1S/C31H31F3N8S/c1-18(2)28-39-29(26-11-24(12-31(32,33)34)43-30(26)40-28)38-22-6-8-41(9-7-22)17-21-4-5-27-25(19(21)3)10-23(13-35)42(27)16-20-14-36-37-15-20/h4-5,10-11,14-15,22H,1,6-9,12,16-17H2,2-3H3,(H,36,37)(H,38,39,40). The Kier molecular flexibility index (Phi) is 7.70. The van der Waals surface area contributed by atoms with Crippen LogP contribution in [0.3, 0.4) is 0 Å². The molecule has 0 amide bonds. The largest absolute Gasteiger partial charge is 0.393 e. The fraction of sp³-hybridized carbons (Fsp3) is 0.355. The van der Waals surface area contributed by atoms with Crippen molar-refractivity contribution in [1.82, 2.24) is 29.6 Å². The van der Waals surface area contributed by atoms with E-state index in [2.05, 4.69) is 62.1 Å². The van der Waals surface area contributed by atoms with Crippen molar-refractivity contribution >= 4 is 43.8 Å². The Morgan fingerprint density at radius 1 is 1.19 bits per heavy atom. The zero-order valence-corrected chi connectivity index (χ0v) is 24.7. The van der Waals surface area contributed by atoms with Crippen molar-refractivity contribution in [2.75, 3.05) is 18.4 Å². The van der Waals surface area contributed by atoms with Gasteiger partial charge in [0, 0.05) is 53.2 Å². The summed E-state index contributed by atoms with van der Waals surface area (Å²) in [4.78, 5) is 12.3. The number of hydrogen-bond donors (Lipinski definition) is 2. The van der Waals surface area contributed by atoms with Crippen LogP contribution in [-0.2, 0) is 19.5 Å². The highest BCUT2D eigenvalue weighted by Gasteiger charge is 2.29. The van der Waals surface area contributed by atoms with E-state index in [1.165, 1.54) is 11.1 Å². The Bertz CT molecular complexity index is 1840. The number of piperidine rings is 1. The number of likely N-dealkylation sites (tertiary alicyclic amines) is 1. The van der Waals surface area contributed by atoms with Crippen LogP contribution in [0.4, 0.5) is 19.0 Å². The second-order valence-electron chi connectivity index (χ2n) is 11.2. The number of nitrogens with one attached hydrogen (secondary N) is 2. The van der Waals surface area contributed by atoms with Crippen molar-refractivity contribution in [2.45, 2.75) is 58.4 Å². The molecule has 0 saturated carbocycles. The predicted octanol–water partition coefficient (Wildman–Crippen LogP) is 6.81. The molecule has 0 unspecified atom stereocenters. The number of benzene rings is 1. The second-order valence-corrected chi connectivity index (χ2v) is 12.3. The molecular formula is C31H31F3N8S. The Labute approximate surface area is 250 Å². The Balaban J connectivity index is 1.15. The van der Waals surface area contributed by atoms with E-state index in [1.807, 2.05) is 16.8 Å². The monoisotopic (exact) mass is 604 g/mol. The van der Waals surface area contributed by atoms with Crippen LogP contribution >= 0.6 is 11.3 Å². The molecule has 5 heterocycles. The SMILES string of the molecule is C=C(C)c1nc(NC2CCN(Cc3ccc4c(cc(C#N)n4Cc4cn[nH]c4)c3C)CC2)c2cc(CC(F)(F)F)sc2n1. The van der Waals surface area contributed by atoms with Crippen LogP contribution < -0.4 is 5.32 Å². The maximum absolute atomic E-state index is 13.1. The first-order valence-electron chi connectivity index (χ1n) is 14.1. The van der Waals surface area contributed by atoms with Gasteiger partial charge in [0.2, 0.25) is 0 Å². The smallest absolute Gasteiger partial charge is 0.367 e. The number of thiophene rings is 1. The number of halogens is 3. The molecule has 2 N–H and O–H groups in total. The quantitative estimate of drug-likeness (QED) is 0.202. The molecular weight excluding hydrogens is 573 g/mol. The Hall–Kier alpha value is -4.21. The van der Waals surface area contributed by atoms with Crippen molar-refractivity contribution in [3.63, 3.8) is 0 Å². The molecule has 0 atom stereocenters. The molecule has 12 heteroatoms. The number of anilines is 1. The first-order valence-corrected chi connectivity index (χ1v) is 14.9. The number of allylic oxidation sites excluding steroid dienone is 1. The summed E-state index contributed by atoms with van der Waals surface area (Å²) in [5, 5.41) is 21.9. The number of aromatic amines is 1. The molecule has 6 rings (SSSR count). The van der Waals surface area contributed by atoms with Gasteiger partial charge in [0.1, 0.15) is 22.4 Å². The van der Waals surface area contributed by atoms with Gasteiger partial charge in [-0.3, -0.25) is 10.00 Å². The lowest BCUT2D eigenvalue weighted by Gasteiger charge is -2.33. The predicted molar refractivity (Wildman–Crippen MR) is 163 cm³/mol. The minimum absolute atomic E-state index is 0.136. The maximum atomic E-state index is 13.1. The molecule has 1 saturated heterocycles. The summed E-state index contributed by atoms with van der Waals surface area (Å²) in [5.41, 5.74) is 5.71. The van der Waals surface area contributed by atoms with E-state index in [-0.39, 0.29) is 10.9 Å². The molecule has 222 valence electrons. The van der Waals surface area contributed by atoms with Gasteiger partial charge in [-0.15, -0.1) is 11.3 Å². The van der Waals surface area contributed by atoms with Gasteiger partial charge >= 0.3 is 6.18 Å². The van der Waals surface area contributed by atoms with Gasteiger partial charge in [-0.1, -0.05) is 12.6 Å². The molecule has 0 bridgehead atoms. The lowest BCUT2D eigenvalue weighted by molar-refractivity contribution is -0.126. The number of alkyl halides is 3. The third kappa shape index (κ3) is 6.14.